The molecule has 0 radical (unpaired) electrons. The van der Waals surface area contributed by atoms with Crippen molar-refractivity contribution in [1.29, 1.82) is 0 Å². The Kier molecular flexibility index (Phi) is 8.04. The number of carbonyl (C=O) groups excluding carboxylic acids is 1. The van der Waals surface area contributed by atoms with Crippen LogP contribution in [0.4, 0.5) is 0 Å². The van der Waals surface area contributed by atoms with Crippen molar-refractivity contribution in [3.05, 3.63) is 81.9 Å². The van der Waals surface area contributed by atoms with Crippen LogP contribution in [0, 0.1) is 11.8 Å². The maximum absolute atomic E-state index is 13.2. The normalized spacial score (nSPS) is 21.6. The van der Waals surface area contributed by atoms with Gasteiger partial charge in [-0.1, -0.05) is 39.8 Å². The molecule has 1 N–H and O–H groups in total. The molecule has 10 heteroatoms. The zero-order chi connectivity index (χ0) is 30.3. The van der Waals surface area contributed by atoms with E-state index in [1.54, 1.807) is 24.3 Å². The van der Waals surface area contributed by atoms with Gasteiger partial charge in [0.05, 0.1) is 18.1 Å². The fraction of sp³-hybridized carbons (Fsp3) is 0.406. The molecule has 5 atom stereocenters. The van der Waals surface area contributed by atoms with Gasteiger partial charge in [-0.25, -0.2) is 9.59 Å². The number of nitrogens with zero attached hydrogens (tertiary/aromatic N) is 1. The fourth-order valence-electron chi connectivity index (χ4n) is 5.57. The second-order valence-electron chi connectivity index (χ2n) is 12.2. The lowest BCUT2D eigenvalue weighted by Crippen LogP contribution is -2.64. The summed E-state index contributed by atoms with van der Waals surface area (Å²) in [6.45, 7) is 12.8. The van der Waals surface area contributed by atoms with Crippen LogP contribution >= 0.6 is 0 Å². The molecule has 1 amide bonds. The molecule has 3 aromatic rings. The number of benzene rings is 2. The van der Waals surface area contributed by atoms with E-state index in [1.165, 1.54) is 11.0 Å². The number of ether oxygens (including phenoxy) is 2. The summed E-state index contributed by atoms with van der Waals surface area (Å²) in [6.07, 6.45) is -0.277. The Hall–Kier alpha value is -3.89. The van der Waals surface area contributed by atoms with Crippen LogP contribution in [0.3, 0.4) is 0 Å². The Morgan fingerprint density at radius 1 is 1.02 bits per heavy atom. The van der Waals surface area contributed by atoms with E-state index >= 15 is 0 Å². The molecule has 2 unspecified atom stereocenters. The molecule has 0 aliphatic carbocycles. The maximum atomic E-state index is 13.2. The quantitative estimate of drug-likeness (QED) is 0.196. The van der Waals surface area contributed by atoms with E-state index in [0.717, 1.165) is 10.9 Å². The van der Waals surface area contributed by atoms with Gasteiger partial charge in [0.1, 0.15) is 36.0 Å². The number of carboxylic acids is 1. The highest BCUT2D eigenvalue weighted by Crippen LogP contribution is 2.48. The summed E-state index contributed by atoms with van der Waals surface area (Å²) in [4.78, 5) is 38.3. The van der Waals surface area contributed by atoms with Crippen LogP contribution in [0.1, 0.15) is 40.2 Å². The number of aliphatic carboxylic acids is 1. The summed E-state index contributed by atoms with van der Waals surface area (Å²) in [6, 6.07) is 15.5. The molecular weight excluding hydrogens is 554 g/mol. The molecule has 222 valence electrons. The fourth-order valence-corrected chi connectivity index (χ4v) is 6.79. The molecule has 0 saturated carbocycles. The number of hydrogen-bond donors (Lipinski definition) is 1. The predicted octanol–water partition coefficient (Wildman–Crippen LogP) is 5.13. The van der Waals surface area contributed by atoms with Crippen molar-refractivity contribution in [3.8, 4) is 11.5 Å². The zero-order valence-electron chi connectivity index (χ0n) is 24.7. The number of carbonyl (C=O) groups is 2. The highest BCUT2D eigenvalue weighted by molar-refractivity contribution is 6.53. The first-order chi connectivity index (χ1) is 19.8. The van der Waals surface area contributed by atoms with Crippen LogP contribution in [-0.4, -0.2) is 49.7 Å². The molecule has 42 heavy (non-hydrogen) atoms. The lowest BCUT2D eigenvalue weighted by atomic mass is 9.78. The average molecular weight is 592 g/mol. The van der Waals surface area contributed by atoms with E-state index in [2.05, 4.69) is 27.3 Å². The minimum absolute atomic E-state index is 0.0262. The van der Waals surface area contributed by atoms with Crippen LogP contribution in [0.5, 0.6) is 11.5 Å². The summed E-state index contributed by atoms with van der Waals surface area (Å²) in [5.41, 5.74) is 1.57. The zero-order valence-corrected chi connectivity index (χ0v) is 25.9. The van der Waals surface area contributed by atoms with Gasteiger partial charge in [-0.05, 0) is 54.4 Å². The molecular formula is C32H37NO8Si. The van der Waals surface area contributed by atoms with Crippen molar-refractivity contribution in [2.75, 3.05) is 6.61 Å². The molecule has 5 rings (SSSR count). The second-order valence-corrected chi connectivity index (χ2v) is 15.5. The van der Waals surface area contributed by atoms with Gasteiger partial charge in [0.15, 0.2) is 9.04 Å². The van der Waals surface area contributed by atoms with Gasteiger partial charge in [0, 0.05) is 29.0 Å². The van der Waals surface area contributed by atoms with Crippen LogP contribution in [0.25, 0.3) is 11.0 Å². The summed E-state index contributed by atoms with van der Waals surface area (Å²) in [7, 11) is -1.57. The van der Waals surface area contributed by atoms with E-state index in [-0.39, 0.29) is 47.2 Å². The van der Waals surface area contributed by atoms with Crippen molar-refractivity contribution in [2.45, 2.75) is 65.0 Å². The number of carboxylic acid groups (broad SMARTS) is 1. The van der Waals surface area contributed by atoms with Crippen molar-refractivity contribution in [3.63, 3.8) is 0 Å². The SMILES string of the molecule is CC(O[SiH](C)C(C)(C)C)[C@H]1C(=O)N2C(C(=O)O)=C(COc3ccc(COc4ccc5ccc(=O)oc5c4)cc3)[C@H](C)[C@H]12. The Morgan fingerprint density at radius 2 is 1.67 bits per heavy atom. The third-order valence-corrected chi connectivity index (χ3v) is 11.7. The molecule has 9 nitrogen and oxygen atoms in total. The minimum Gasteiger partial charge on any atom is -0.489 e. The van der Waals surface area contributed by atoms with E-state index < -0.39 is 20.6 Å². The van der Waals surface area contributed by atoms with Crippen molar-refractivity contribution < 1.29 is 33.0 Å². The van der Waals surface area contributed by atoms with Crippen LogP contribution in [0.2, 0.25) is 11.6 Å². The third kappa shape index (κ3) is 5.73. The second kappa shape index (κ2) is 11.4. The first kappa shape index (κ1) is 29.6. The lowest BCUT2D eigenvalue weighted by Gasteiger charge is -2.48. The minimum atomic E-state index is -1.57. The summed E-state index contributed by atoms with van der Waals surface area (Å²) in [5.74, 6) is -0.707. The Balaban J connectivity index is 1.21. The third-order valence-electron chi connectivity index (χ3n) is 8.46. The molecule has 0 bridgehead atoms. The van der Waals surface area contributed by atoms with E-state index in [4.69, 9.17) is 18.3 Å². The highest BCUT2D eigenvalue weighted by Gasteiger charge is 2.60. The van der Waals surface area contributed by atoms with Crippen LogP contribution in [0.15, 0.2) is 75.1 Å². The Morgan fingerprint density at radius 3 is 2.33 bits per heavy atom. The molecule has 0 spiro atoms. The summed E-state index contributed by atoms with van der Waals surface area (Å²) >= 11 is 0. The highest BCUT2D eigenvalue weighted by atomic mass is 28.3. The molecule has 2 aliphatic heterocycles. The number of rotatable bonds is 10. The average Bonchev–Trinajstić information content (AvgIpc) is 3.18. The lowest BCUT2D eigenvalue weighted by molar-refractivity contribution is -0.162. The summed E-state index contributed by atoms with van der Waals surface area (Å²) < 4.78 is 23.5. The van der Waals surface area contributed by atoms with E-state index in [9.17, 15) is 19.5 Å². The number of β-lactam (4-membered cyclic amide) rings is 1. The van der Waals surface area contributed by atoms with Crippen LogP contribution < -0.4 is 15.1 Å². The monoisotopic (exact) mass is 591 g/mol. The first-order valence-corrected chi connectivity index (χ1v) is 16.4. The van der Waals surface area contributed by atoms with Gasteiger partial charge in [-0.15, -0.1) is 0 Å². The van der Waals surface area contributed by atoms with Crippen molar-refractivity contribution >= 4 is 31.9 Å². The Labute approximate surface area is 246 Å². The molecule has 3 heterocycles. The van der Waals surface area contributed by atoms with E-state index in [0.29, 0.717) is 29.3 Å². The molecule has 2 aromatic carbocycles. The first-order valence-electron chi connectivity index (χ1n) is 14.2. The smallest absolute Gasteiger partial charge is 0.352 e. The Bertz CT molecular complexity index is 1590. The predicted molar refractivity (Wildman–Crippen MR) is 160 cm³/mol. The maximum Gasteiger partial charge on any atom is 0.352 e. The molecule has 1 saturated heterocycles. The number of amides is 1. The van der Waals surface area contributed by atoms with Gasteiger partial charge in [-0.3, -0.25) is 4.79 Å². The molecule has 1 fully saturated rings. The van der Waals surface area contributed by atoms with Gasteiger partial charge >= 0.3 is 11.6 Å². The topological polar surface area (TPSA) is 116 Å². The summed E-state index contributed by atoms with van der Waals surface area (Å²) in [5, 5.41) is 10.9. The standard InChI is InChI=1S/C32H37NO8Si/c1-18-24(29(31(36)37)33-28(18)27(30(33)35)19(2)41-42(6)32(3,4)5)17-39-22-11-7-20(8-12-22)16-38-23-13-9-21-10-14-26(34)40-25(21)15-23/h7-15,18-19,27-28,42H,16-17H2,1-6H3,(H,36,37)/t18-,19?,27+,28+,42?/m0/s1. The molecule has 1 aromatic heterocycles. The number of hydrogen-bond acceptors (Lipinski definition) is 7. The molecule has 2 aliphatic rings. The number of fused-ring (bicyclic) bond motifs is 2. The van der Waals surface area contributed by atoms with Gasteiger partial charge < -0.3 is 28.3 Å². The van der Waals surface area contributed by atoms with Gasteiger partial charge in [-0.2, -0.15) is 0 Å². The van der Waals surface area contributed by atoms with Gasteiger partial charge in [0.2, 0.25) is 5.91 Å². The van der Waals surface area contributed by atoms with Crippen molar-refractivity contribution in [1.82, 2.24) is 4.90 Å². The largest absolute Gasteiger partial charge is 0.489 e. The van der Waals surface area contributed by atoms with Crippen molar-refractivity contribution in [2.24, 2.45) is 11.8 Å². The van der Waals surface area contributed by atoms with Crippen LogP contribution in [-0.2, 0) is 20.6 Å². The van der Waals surface area contributed by atoms with E-state index in [1.807, 2.05) is 38.1 Å². The van der Waals surface area contributed by atoms with Gasteiger partial charge in [0.25, 0.3) is 0 Å².